The molecule has 0 aliphatic heterocycles. The Hall–Kier alpha value is -5.05. The minimum absolute atomic E-state index is 0.00814. The molecular weight excluding hydrogens is 683 g/mol. The van der Waals surface area contributed by atoms with Crippen LogP contribution in [0.2, 0.25) is 0 Å². The summed E-state index contributed by atoms with van der Waals surface area (Å²) in [4.78, 5) is 37.1. The van der Waals surface area contributed by atoms with Crippen LogP contribution in [-0.2, 0) is 35.6 Å². The van der Waals surface area contributed by atoms with Gasteiger partial charge >= 0.3 is 5.97 Å². The Balaban J connectivity index is 1.24. The Labute approximate surface area is 294 Å². The number of hydrogen-bond donors (Lipinski definition) is 2. The van der Waals surface area contributed by atoms with E-state index in [2.05, 4.69) is 10.1 Å². The molecule has 0 bridgehead atoms. The molecule has 0 saturated heterocycles. The van der Waals surface area contributed by atoms with Crippen LogP contribution in [0.25, 0.3) is 22.3 Å². The number of hydrogen-bond acceptors (Lipinski definition) is 10. The Morgan fingerprint density at radius 1 is 1.04 bits per heavy atom. The van der Waals surface area contributed by atoms with Crippen molar-refractivity contribution in [2.24, 2.45) is 0 Å². The van der Waals surface area contributed by atoms with Crippen LogP contribution in [0, 0.1) is 5.82 Å². The van der Waals surface area contributed by atoms with Crippen molar-refractivity contribution in [2.45, 2.75) is 32.3 Å². The number of ketones is 1. The van der Waals surface area contributed by atoms with E-state index >= 15 is 0 Å². The molecule has 1 aromatic heterocycles. The second kappa shape index (κ2) is 16.3. The van der Waals surface area contributed by atoms with Gasteiger partial charge in [-0.3, -0.25) is 13.9 Å². The third kappa shape index (κ3) is 9.20. The minimum atomic E-state index is -3.77. The molecule has 4 aromatic rings. The first-order valence-corrected chi connectivity index (χ1v) is 18.2. The topological polar surface area (TPSA) is 162 Å². The Morgan fingerprint density at radius 3 is 2.43 bits per heavy atom. The lowest BCUT2D eigenvalue weighted by atomic mass is 10.0. The minimum Gasteiger partial charge on any atom is -0.502 e. The fraction of sp³-hybridized carbons (Fsp3) is 0.324. The van der Waals surface area contributed by atoms with Gasteiger partial charge in [-0.05, 0) is 73.2 Å². The van der Waals surface area contributed by atoms with Crippen molar-refractivity contribution in [1.29, 1.82) is 0 Å². The number of ether oxygens (including phenoxy) is 3. The quantitative estimate of drug-likeness (QED) is 0.0457. The lowest BCUT2D eigenvalue weighted by Crippen LogP contribution is -2.34. The van der Waals surface area contributed by atoms with E-state index in [0.29, 0.717) is 27.8 Å². The summed E-state index contributed by atoms with van der Waals surface area (Å²) in [6.45, 7) is 2.20. The number of fused-ring (bicyclic) bond motifs is 1. The Morgan fingerprint density at radius 2 is 1.76 bits per heavy atom. The molecule has 5 rings (SSSR count). The van der Waals surface area contributed by atoms with Gasteiger partial charge in [0.25, 0.3) is 5.91 Å². The van der Waals surface area contributed by atoms with Gasteiger partial charge in [-0.1, -0.05) is 18.2 Å². The molecule has 0 spiro atoms. The molecule has 0 unspecified atom stereocenters. The normalized spacial score (nSPS) is 13.3. The van der Waals surface area contributed by atoms with Gasteiger partial charge in [0.05, 0.1) is 57.1 Å². The van der Waals surface area contributed by atoms with Gasteiger partial charge in [0.2, 0.25) is 15.8 Å². The van der Waals surface area contributed by atoms with Gasteiger partial charge in [-0.25, -0.2) is 17.6 Å². The molecule has 0 radical (unpaired) electrons. The maximum Gasteiger partial charge on any atom is 0.373 e. The maximum absolute atomic E-state index is 13.7. The van der Waals surface area contributed by atoms with Gasteiger partial charge in [-0.15, -0.1) is 0 Å². The number of sulfonamides is 1. The summed E-state index contributed by atoms with van der Waals surface area (Å²) >= 11 is 0. The van der Waals surface area contributed by atoms with Crippen LogP contribution >= 0.6 is 0 Å². The summed E-state index contributed by atoms with van der Waals surface area (Å²) in [5, 5.41) is 12.9. The number of aliphatic hydroxyl groups is 1. The number of halogens is 1. The monoisotopic (exact) mass is 722 g/mol. The maximum atomic E-state index is 13.7. The third-order valence-corrected chi connectivity index (χ3v) is 9.31. The number of anilines is 1. The standard InChI is InChI=1S/C37H39FN2O10S/c1-4-49-37(44)32(42)21-31(41)26-7-5-6-23(18-26)22-48-17-16-47-15-14-40(51(3,45)46)30-20-33-29(19-28(30)24-8-9-24)34(36(43)39-2)35(50-33)25-10-12-27(38)13-11-25/h5-7,10-13,18-21,24,42H,4,8-9,14-17,22H2,1-3H3,(H,39,43)/b32-21-. The number of aliphatic hydroxyl groups excluding tert-OH is 1. The van der Waals surface area contributed by atoms with Crippen molar-refractivity contribution >= 4 is 44.3 Å². The first-order valence-electron chi connectivity index (χ1n) is 16.3. The first-order chi connectivity index (χ1) is 24.4. The highest BCUT2D eigenvalue weighted by Gasteiger charge is 2.33. The zero-order valence-electron chi connectivity index (χ0n) is 28.4. The van der Waals surface area contributed by atoms with Gasteiger partial charge in [-0.2, -0.15) is 0 Å². The fourth-order valence-electron chi connectivity index (χ4n) is 5.55. The SMILES string of the molecule is CCOC(=O)/C(O)=C/C(=O)c1cccc(COCCOCCN(c2cc3oc(-c4ccc(F)cc4)c(C(=O)NC)c3cc2C2CC2)S(C)(=O)=O)c1. The highest BCUT2D eigenvalue weighted by molar-refractivity contribution is 7.92. The zero-order chi connectivity index (χ0) is 36.7. The highest BCUT2D eigenvalue weighted by atomic mass is 32.2. The lowest BCUT2D eigenvalue weighted by Gasteiger charge is -2.25. The Bertz CT molecular complexity index is 2050. The van der Waals surface area contributed by atoms with E-state index in [4.69, 9.17) is 13.9 Å². The molecule has 14 heteroatoms. The van der Waals surface area contributed by atoms with E-state index in [9.17, 15) is 32.3 Å². The van der Waals surface area contributed by atoms with Crippen molar-refractivity contribution in [3.8, 4) is 11.3 Å². The molecule has 1 amide bonds. The molecular formula is C37H39FN2O10S. The van der Waals surface area contributed by atoms with Crippen molar-refractivity contribution < 1.29 is 50.9 Å². The van der Waals surface area contributed by atoms with Crippen molar-refractivity contribution in [3.05, 3.63) is 101 Å². The number of nitrogens with zero attached hydrogens (tertiary/aromatic N) is 1. The number of esters is 1. The van der Waals surface area contributed by atoms with Crippen LogP contribution in [0.3, 0.4) is 0 Å². The molecule has 1 saturated carbocycles. The van der Waals surface area contributed by atoms with Crippen molar-refractivity contribution in [2.75, 3.05) is 50.6 Å². The number of carbonyl (C=O) groups is 3. The zero-order valence-corrected chi connectivity index (χ0v) is 29.3. The average molecular weight is 723 g/mol. The smallest absolute Gasteiger partial charge is 0.373 e. The van der Waals surface area contributed by atoms with Crippen LogP contribution in [0.1, 0.15) is 57.5 Å². The van der Waals surface area contributed by atoms with Gasteiger partial charge < -0.3 is 29.1 Å². The van der Waals surface area contributed by atoms with E-state index in [1.165, 1.54) is 35.6 Å². The highest BCUT2D eigenvalue weighted by Crippen LogP contribution is 2.48. The largest absolute Gasteiger partial charge is 0.502 e. The molecule has 2 N–H and O–H groups in total. The van der Waals surface area contributed by atoms with Crippen LogP contribution in [0.15, 0.2) is 76.9 Å². The molecule has 0 atom stereocenters. The molecule has 1 aliphatic rings. The number of allylic oxidation sites excluding steroid dienone is 1. The molecule has 1 heterocycles. The average Bonchev–Trinajstić information content (AvgIpc) is 3.88. The summed E-state index contributed by atoms with van der Waals surface area (Å²) in [6.07, 6.45) is 3.66. The number of nitrogens with one attached hydrogen (secondary N) is 1. The summed E-state index contributed by atoms with van der Waals surface area (Å²) in [5.74, 6) is -2.80. The van der Waals surface area contributed by atoms with E-state index < -0.39 is 33.4 Å². The number of amides is 1. The van der Waals surface area contributed by atoms with Gasteiger partial charge in [0.15, 0.2) is 5.78 Å². The third-order valence-electron chi connectivity index (χ3n) is 8.13. The second-order valence-electron chi connectivity index (χ2n) is 11.9. The number of furan rings is 1. The molecule has 12 nitrogen and oxygen atoms in total. The molecule has 3 aromatic carbocycles. The molecule has 51 heavy (non-hydrogen) atoms. The van der Waals surface area contributed by atoms with Crippen LogP contribution in [0.5, 0.6) is 0 Å². The lowest BCUT2D eigenvalue weighted by molar-refractivity contribution is -0.141. The predicted octanol–water partition coefficient (Wildman–Crippen LogP) is 5.66. The van der Waals surface area contributed by atoms with E-state index in [1.54, 1.807) is 37.3 Å². The van der Waals surface area contributed by atoms with Crippen LogP contribution < -0.4 is 9.62 Å². The summed E-state index contributed by atoms with van der Waals surface area (Å²) in [7, 11) is -2.26. The van der Waals surface area contributed by atoms with Crippen LogP contribution in [-0.4, -0.2) is 77.5 Å². The van der Waals surface area contributed by atoms with E-state index in [-0.39, 0.29) is 68.3 Å². The van der Waals surface area contributed by atoms with E-state index in [1.807, 2.05) is 6.07 Å². The second-order valence-corrected chi connectivity index (χ2v) is 13.8. The van der Waals surface area contributed by atoms with Gasteiger partial charge in [0.1, 0.15) is 17.2 Å². The summed E-state index contributed by atoms with van der Waals surface area (Å²) < 4.78 is 63.4. The fourth-order valence-corrected chi connectivity index (χ4v) is 6.47. The predicted molar refractivity (Wildman–Crippen MR) is 188 cm³/mol. The number of benzene rings is 3. The van der Waals surface area contributed by atoms with Gasteiger partial charge in [0, 0.05) is 35.7 Å². The van der Waals surface area contributed by atoms with Crippen LogP contribution in [0.4, 0.5) is 10.1 Å². The first kappa shape index (κ1) is 37.2. The number of carbonyl (C=O) groups excluding carboxylic acids is 3. The van der Waals surface area contributed by atoms with Crippen molar-refractivity contribution in [3.63, 3.8) is 0 Å². The van der Waals surface area contributed by atoms with Crippen molar-refractivity contribution in [1.82, 2.24) is 5.32 Å². The number of rotatable bonds is 17. The molecule has 270 valence electrons. The summed E-state index contributed by atoms with van der Waals surface area (Å²) in [6, 6.07) is 15.6. The summed E-state index contributed by atoms with van der Waals surface area (Å²) in [5.41, 5.74) is 3.24. The molecule has 1 fully saturated rings. The Kier molecular flexibility index (Phi) is 11.9. The molecule has 1 aliphatic carbocycles. The van der Waals surface area contributed by atoms with E-state index in [0.717, 1.165) is 30.7 Å².